The van der Waals surface area contributed by atoms with Crippen LogP contribution < -0.4 is 0 Å². The number of carboxylic acids is 1. The number of fused-ring (bicyclic) bond motifs is 7. The summed E-state index contributed by atoms with van der Waals surface area (Å²) in [6.45, 7) is 14.1. The van der Waals surface area contributed by atoms with Crippen LogP contribution in [0.15, 0.2) is 23.3 Å². The van der Waals surface area contributed by atoms with Crippen LogP contribution in [0.1, 0.15) is 107 Å². The molecule has 8 fully saturated rings. The topological polar surface area (TPSA) is 424 Å². The fourth-order valence-corrected chi connectivity index (χ4v) is 16.9. The van der Waals surface area contributed by atoms with Crippen molar-refractivity contribution < 1.29 is 133 Å². The van der Waals surface area contributed by atoms with Crippen molar-refractivity contribution >= 4 is 24.2 Å². The van der Waals surface area contributed by atoms with Gasteiger partial charge in [-0.2, -0.15) is 0 Å². The van der Waals surface area contributed by atoms with Gasteiger partial charge < -0.3 is 119 Å². The second-order valence-electron chi connectivity index (χ2n) is 27.3. The Morgan fingerprint density at radius 2 is 1.31 bits per heavy atom. The van der Waals surface area contributed by atoms with Gasteiger partial charge in [0.15, 0.2) is 31.3 Å². The summed E-state index contributed by atoms with van der Waals surface area (Å²) in [7, 11) is 0. The van der Waals surface area contributed by atoms with Crippen LogP contribution in [0.25, 0.3) is 0 Å². The molecule has 0 bridgehead atoms. The van der Waals surface area contributed by atoms with E-state index in [0.29, 0.717) is 37.7 Å². The third-order valence-electron chi connectivity index (χ3n) is 22.2. The average molecular weight is 1230 g/mol. The average Bonchev–Trinajstić information content (AvgIpc) is 0.771. The standard InChI is InChI=1S/C59H90O27/c1-10-24(2)49(76)86-47-46(73)59(23-79-25(3)62)27(17-54(47,4)5)26-11-12-32-55(6)15-14-34(56(7,22-61)31(55)13-16-57(32,8)58(26,9)18-33(59)65)81-53-45(85-51-40(71)38(69)37(68)30(19-60)80-51)42(41(72)43(83-53)48(74)75)82-52-44(36(67)29(64)21-78-52)84-50-39(70)35(66)28(63)20-77-50/h10-11,22,27-47,50-53,60,63-73H,12-21,23H2,1-9H3,(H,74,75)/b24-10+/t27-,28+,29-,30+,31+,32-,33+,34-,35-,36-,37-,38-,39+,40+,41-,42-,43-,44+,45+,46-,47-,50-,51-,52-,53+,55-,56-,57+,58+,59-/m0/s1. The summed E-state index contributed by atoms with van der Waals surface area (Å²) in [5, 5.41) is 145. The molecule has 86 heavy (non-hydrogen) atoms. The Bertz CT molecular complexity index is 2550. The molecule has 4 saturated carbocycles. The number of allylic oxidation sites excluding steroid dienone is 3. The summed E-state index contributed by atoms with van der Waals surface area (Å²) in [5.41, 5.74) is -4.42. The van der Waals surface area contributed by atoms with Crippen LogP contribution in [-0.2, 0) is 66.5 Å². The molecule has 488 valence electrons. The van der Waals surface area contributed by atoms with E-state index in [1.54, 1.807) is 26.8 Å². The summed E-state index contributed by atoms with van der Waals surface area (Å²) in [4.78, 5) is 53.3. The van der Waals surface area contributed by atoms with Crippen molar-refractivity contribution in [3.63, 3.8) is 0 Å². The monoisotopic (exact) mass is 1230 g/mol. The molecule has 0 aromatic heterocycles. The van der Waals surface area contributed by atoms with Crippen LogP contribution in [0.4, 0.5) is 0 Å². The minimum atomic E-state index is -2.28. The Labute approximate surface area is 498 Å². The number of aliphatic hydroxyl groups excluding tert-OH is 12. The van der Waals surface area contributed by atoms with Gasteiger partial charge in [-0.05, 0) is 92.8 Å². The molecule has 0 spiro atoms. The zero-order valence-electron chi connectivity index (χ0n) is 50.0. The van der Waals surface area contributed by atoms with Crippen LogP contribution in [0.5, 0.6) is 0 Å². The Balaban J connectivity index is 1.05. The van der Waals surface area contributed by atoms with E-state index >= 15 is 0 Å². The number of hydrogen-bond acceptors (Lipinski definition) is 26. The zero-order valence-corrected chi connectivity index (χ0v) is 50.0. The molecule has 27 nitrogen and oxygen atoms in total. The number of rotatable bonds is 15. The van der Waals surface area contributed by atoms with Gasteiger partial charge in [-0.25, -0.2) is 9.59 Å². The van der Waals surface area contributed by atoms with Crippen molar-refractivity contribution in [3.8, 4) is 0 Å². The molecule has 9 rings (SSSR count). The minimum absolute atomic E-state index is 0.112. The molecule has 13 N–H and O–H groups in total. The summed E-state index contributed by atoms with van der Waals surface area (Å²) in [6.07, 6.45) is -32.7. The van der Waals surface area contributed by atoms with Gasteiger partial charge in [0, 0.05) is 17.9 Å². The Hall–Kier alpha value is -3.24. The van der Waals surface area contributed by atoms with Crippen LogP contribution in [0, 0.1) is 50.2 Å². The fourth-order valence-electron chi connectivity index (χ4n) is 16.9. The Morgan fingerprint density at radius 1 is 0.686 bits per heavy atom. The normalized spacial score (nSPS) is 51.1. The number of carbonyl (C=O) groups excluding carboxylic acids is 3. The predicted octanol–water partition coefficient (Wildman–Crippen LogP) is -2.01. The number of ether oxygens (including phenoxy) is 10. The highest BCUT2D eigenvalue weighted by Crippen LogP contribution is 2.76. The summed E-state index contributed by atoms with van der Waals surface area (Å²) in [5.74, 6) is -4.18. The summed E-state index contributed by atoms with van der Waals surface area (Å²) >= 11 is 0. The quantitative estimate of drug-likeness (QED) is 0.0277. The number of aliphatic carboxylic acids is 1. The number of esters is 2. The van der Waals surface area contributed by atoms with Crippen LogP contribution in [0.2, 0.25) is 0 Å². The van der Waals surface area contributed by atoms with E-state index in [4.69, 9.17) is 47.4 Å². The first-order chi connectivity index (χ1) is 40.2. The van der Waals surface area contributed by atoms with Gasteiger partial charge in [-0.3, -0.25) is 4.79 Å². The molecule has 4 heterocycles. The smallest absolute Gasteiger partial charge is 0.335 e. The number of aldehydes is 1. The van der Waals surface area contributed by atoms with E-state index in [1.807, 2.05) is 13.8 Å². The van der Waals surface area contributed by atoms with E-state index in [-0.39, 0.29) is 25.4 Å². The van der Waals surface area contributed by atoms with Gasteiger partial charge in [0.25, 0.3) is 0 Å². The third-order valence-corrected chi connectivity index (χ3v) is 22.2. The summed E-state index contributed by atoms with van der Waals surface area (Å²) < 4.78 is 60.0. The highest BCUT2D eigenvalue weighted by Gasteiger charge is 2.74. The third kappa shape index (κ3) is 11.0. The van der Waals surface area contributed by atoms with E-state index in [1.165, 1.54) is 6.92 Å². The largest absolute Gasteiger partial charge is 0.479 e. The minimum Gasteiger partial charge on any atom is -0.479 e. The van der Waals surface area contributed by atoms with Gasteiger partial charge in [0.2, 0.25) is 0 Å². The first-order valence-corrected chi connectivity index (χ1v) is 29.8. The van der Waals surface area contributed by atoms with Gasteiger partial charge >= 0.3 is 17.9 Å². The van der Waals surface area contributed by atoms with Crippen molar-refractivity contribution in [3.05, 3.63) is 23.3 Å². The van der Waals surface area contributed by atoms with Crippen molar-refractivity contribution in [1.29, 1.82) is 0 Å². The van der Waals surface area contributed by atoms with E-state index < -0.39 is 217 Å². The van der Waals surface area contributed by atoms with E-state index in [2.05, 4.69) is 26.8 Å². The number of carbonyl (C=O) groups is 4. The van der Waals surface area contributed by atoms with Gasteiger partial charge in [-0.1, -0.05) is 59.3 Å². The highest BCUT2D eigenvalue weighted by atomic mass is 16.8. The Morgan fingerprint density at radius 3 is 1.94 bits per heavy atom. The Kier molecular flexibility index (Phi) is 19.3. The lowest BCUT2D eigenvalue weighted by Crippen LogP contribution is -2.72. The molecule has 0 aromatic carbocycles. The first kappa shape index (κ1) is 67.2. The molecule has 5 aliphatic carbocycles. The molecule has 4 aliphatic heterocycles. The molecule has 4 saturated heterocycles. The number of carboxylic acid groups (broad SMARTS) is 1. The second-order valence-corrected chi connectivity index (χ2v) is 27.3. The van der Waals surface area contributed by atoms with Gasteiger partial charge in [0.05, 0.1) is 42.9 Å². The first-order valence-electron chi connectivity index (χ1n) is 29.8. The van der Waals surface area contributed by atoms with E-state index in [0.717, 1.165) is 11.9 Å². The maximum atomic E-state index is 14.2. The van der Waals surface area contributed by atoms with Gasteiger partial charge in [0.1, 0.15) is 104 Å². The molecule has 27 heteroatoms. The maximum Gasteiger partial charge on any atom is 0.335 e. The number of aliphatic hydroxyl groups is 12. The highest BCUT2D eigenvalue weighted by molar-refractivity contribution is 5.87. The molecule has 0 amide bonds. The number of hydrogen-bond donors (Lipinski definition) is 13. The van der Waals surface area contributed by atoms with Crippen molar-refractivity contribution in [2.75, 3.05) is 26.4 Å². The van der Waals surface area contributed by atoms with E-state index in [9.17, 15) is 85.6 Å². The van der Waals surface area contributed by atoms with Crippen LogP contribution >= 0.6 is 0 Å². The maximum absolute atomic E-state index is 14.2. The van der Waals surface area contributed by atoms with Crippen LogP contribution in [-0.4, -0.2) is 252 Å². The lowest BCUT2D eigenvalue weighted by Gasteiger charge is -2.72. The van der Waals surface area contributed by atoms with Crippen molar-refractivity contribution in [1.82, 2.24) is 0 Å². The molecule has 9 aliphatic rings. The molecule has 0 aromatic rings. The van der Waals surface area contributed by atoms with Crippen molar-refractivity contribution in [2.24, 2.45) is 50.2 Å². The molecular weight excluding hydrogens is 1140 g/mol. The lowest BCUT2D eigenvalue weighted by molar-refractivity contribution is -0.398. The van der Waals surface area contributed by atoms with Crippen molar-refractivity contribution in [2.45, 2.75) is 242 Å². The molecule has 0 radical (unpaired) electrons. The fraction of sp³-hybridized carbons (Fsp3) is 0.864. The molecule has 30 atom stereocenters. The van der Waals surface area contributed by atoms with Gasteiger partial charge in [-0.15, -0.1) is 0 Å². The molecule has 0 unspecified atom stereocenters. The SMILES string of the molecule is C/C=C(\C)C(=O)O[C@H]1[C@H](O)[C@]2(COC(C)=O)[C@H](O)C[C@]3(C)C(=CC[C@H]4[C@@]5(C)CC[C@H](O[C@@H]6O[C@H](C(=O)O)[C@@H](O)[C@H](O[C@@H]7OC[C@H](O)[C@H](O)[C@H]7O[C@@H]7OC[C@@H](O)[C@H](O)[C@H]7O)[C@H]6O[C@@H]6O[C@H](CO)[C@H](O)[C@H](O)[C@H]6O)[C@@](C)(C=O)[C@@H]5CC[C@]43C)[C@@H]2CC1(C)C. The summed E-state index contributed by atoms with van der Waals surface area (Å²) in [6, 6.07) is 0. The van der Waals surface area contributed by atoms with Crippen LogP contribution in [0.3, 0.4) is 0 Å². The zero-order chi connectivity index (χ0) is 63.3. The second kappa shape index (κ2) is 24.8. The lowest BCUT2D eigenvalue weighted by atomic mass is 9.33. The molecular formula is C59H90O27. The predicted molar refractivity (Wildman–Crippen MR) is 289 cm³/mol.